The molecule has 30 heavy (non-hydrogen) atoms. The topological polar surface area (TPSA) is 58.5 Å². The lowest BCUT2D eigenvalue weighted by molar-refractivity contribution is -0.348. The first-order valence-electron chi connectivity index (χ1n) is 7.40. The maximum Gasteiger partial charge on any atom is 0.435 e. The zero-order valence-electron chi connectivity index (χ0n) is 13.9. The first-order chi connectivity index (χ1) is 13.6. The van der Waals surface area contributed by atoms with Gasteiger partial charge in [0, 0.05) is 12.7 Å². The Morgan fingerprint density at radius 3 is 1.87 bits per heavy atom. The van der Waals surface area contributed by atoms with Crippen molar-refractivity contribution >= 4 is 62.5 Å². The van der Waals surface area contributed by atoms with Crippen LogP contribution in [0.1, 0.15) is 15.9 Å². The smallest absolute Gasteiger partial charge is 0.320 e. The molecular formula is C16H6F8I2N2O2. The van der Waals surface area contributed by atoms with E-state index in [4.69, 9.17) is 0 Å². The highest BCUT2D eigenvalue weighted by molar-refractivity contribution is 14.1. The van der Waals surface area contributed by atoms with Gasteiger partial charge in [0.15, 0.2) is 5.82 Å². The predicted octanol–water partition coefficient (Wildman–Crippen LogP) is 6.97. The normalized spacial score (nSPS) is 12.6. The average Bonchev–Trinajstić information content (AvgIpc) is 2.61. The van der Waals surface area contributed by atoms with Crippen LogP contribution in [0.3, 0.4) is 0 Å². The van der Waals surface area contributed by atoms with Crippen LogP contribution in [-0.4, -0.2) is 18.3 Å². The van der Waals surface area contributed by atoms with Crippen molar-refractivity contribution in [2.24, 2.45) is 5.18 Å². The molecule has 0 unspecified atom stereocenters. The van der Waals surface area contributed by atoms with E-state index in [2.05, 4.69) is 10.5 Å². The Bertz CT molecular complexity index is 971. The van der Waals surface area contributed by atoms with Crippen molar-refractivity contribution < 1.29 is 39.9 Å². The number of hydrogen-bond acceptors (Lipinski definition) is 3. The van der Waals surface area contributed by atoms with Gasteiger partial charge in [-0.2, -0.15) is 26.3 Å². The summed E-state index contributed by atoms with van der Waals surface area (Å²) in [5.41, 5.74) is -8.97. The van der Waals surface area contributed by atoms with Gasteiger partial charge in [0.2, 0.25) is 0 Å². The molecule has 0 saturated carbocycles. The lowest BCUT2D eigenvalue weighted by Gasteiger charge is -2.31. The molecule has 2 aromatic carbocycles. The zero-order chi connectivity index (χ0) is 23.1. The van der Waals surface area contributed by atoms with Crippen LogP contribution in [0.4, 0.5) is 46.5 Å². The van der Waals surface area contributed by atoms with Crippen LogP contribution >= 0.6 is 45.2 Å². The summed E-state index contributed by atoms with van der Waals surface area (Å²) in [5, 5.41) is 4.50. The molecule has 14 heteroatoms. The van der Waals surface area contributed by atoms with Gasteiger partial charge in [-0.05, 0) is 74.6 Å². The van der Waals surface area contributed by atoms with Gasteiger partial charge >= 0.3 is 18.0 Å². The van der Waals surface area contributed by atoms with Gasteiger partial charge in [0.25, 0.3) is 5.91 Å². The summed E-state index contributed by atoms with van der Waals surface area (Å²) < 4.78 is 105. The molecule has 4 nitrogen and oxygen atoms in total. The van der Waals surface area contributed by atoms with Crippen LogP contribution in [0, 0.1) is 17.9 Å². The number of nitrogens with one attached hydrogen (secondary N) is 1. The second-order valence-electron chi connectivity index (χ2n) is 5.65. The van der Waals surface area contributed by atoms with Crippen LogP contribution in [0.2, 0.25) is 0 Å². The fraction of sp³-hybridized carbons (Fsp3) is 0.188. The molecule has 1 N–H and O–H groups in total. The van der Waals surface area contributed by atoms with Crippen LogP contribution in [0.5, 0.6) is 0 Å². The number of alkyl halides is 7. The Hall–Kier alpha value is -1.59. The third kappa shape index (κ3) is 4.38. The number of amides is 1. The summed E-state index contributed by atoms with van der Waals surface area (Å²) in [4.78, 5) is 22.8. The van der Waals surface area contributed by atoms with Crippen LogP contribution < -0.4 is 5.32 Å². The van der Waals surface area contributed by atoms with Crippen molar-refractivity contribution in [3.63, 3.8) is 0 Å². The third-order valence-corrected chi connectivity index (χ3v) is 5.48. The van der Waals surface area contributed by atoms with Crippen molar-refractivity contribution in [2.45, 2.75) is 18.0 Å². The number of nitrogens with zero attached hydrogens (tertiary/aromatic N) is 1. The van der Waals surface area contributed by atoms with Crippen molar-refractivity contribution in [3.8, 4) is 0 Å². The summed E-state index contributed by atoms with van der Waals surface area (Å²) in [6.45, 7) is 0. The van der Waals surface area contributed by atoms with Gasteiger partial charge in [-0.3, -0.25) is 4.79 Å². The minimum absolute atomic E-state index is 0.277. The largest absolute Gasteiger partial charge is 0.435 e. The minimum atomic E-state index is -6.30. The van der Waals surface area contributed by atoms with E-state index in [1.54, 1.807) is 0 Å². The monoisotopic (exact) mass is 664 g/mol. The van der Waals surface area contributed by atoms with E-state index in [-0.39, 0.29) is 25.0 Å². The number of carbonyl (C=O) groups is 1. The van der Waals surface area contributed by atoms with E-state index in [0.717, 1.165) is 18.2 Å². The number of halogens is 10. The molecule has 0 heterocycles. The number of carbonyl (C=O) groups excluding carboxylic acids is 1. The molecule has 162 valence electrons. The van der Waals surface area contributed by atoms with E-state index in [0.29, 0.717) is 0 Å². The van der Waals surface area contributed by atoms with Crippen molar-refractivity contribution in [2.75, 3.05) is 5.32 Å². The average molecular weight is 664 g/mol. The minimum Gasteiger partial charge on any atom is -0.320 e. The molecule has 0 fully saturated rings. The molecule has 0 aliphatic heterocycles. The Balaban J connectivity index is 2.52. The Morgan fingerprint density at radius 1 is 0.933 bits per heavy atom. The van der Waals surface area contributed by atoms with Crippen LogP contribution in [0.15, 0.2) is 35.5 Å². The molecule has 0 bridgehead atoms. The number of benzene rings is 2. The standard InChI is InChI=1S/C16H6F8I2N2O2/c17-11-7(2-1-3-10(11)28-30)13(29)27-12-8(25)4-6(5-9(12)26)14(18,15(19,20)21)16(22,23)24/h1-5H,(H,27,29). The lowest BCUT2D eigenvalue weighted by Crippen LogP contribution is -2.50. The SMILES string of the molecule is O=Nc1cccc(C(=O)Nc2c(I)cc(C(F)(C(F)(F)F)C(F)(F)F)cc2I)c1F. The predicted molar refractivity (Wildman–Crippen MR) is 107 cm³/mol. The molecule has 2 rings (SSSR count). The van der Waals surface area contributed by atoms with Crippen LogP contribution in [0.25, 0.3) is 0 Å². The third-order valence-electron chi connectivity index (χ3n) is 3.78. The van der Waals surface area contributed by atoms with Gasteiger partial charge < -0.3 is 5.32 Å². The molecule has 0 radical (unpaired) electrons. The number of anilines is 1. The van der Waals surface area contributed by atoms with Crippen LogP contribution in [-0.2, 0) is 5.67 Å². The summed E-state index contributed by atoms with van der Waals surface area (Å²) in [5.74, 6) is -2.43. The number of nitroso groups, excluding NO2 is 1. The highest BCUT2D eigenvalue weighted by atomic mass is 127. The molecule has 0 aliphatic carbocycles. The van der Waals surface area contributed by atoms with E-state index in [1.165, 1.54) is 45.2 Å². The highest BCUT2D eigenvalue weighted by Gasteiger charge is 2.73. The Kier molecular flexibility index (Phi) is 7.00. The second kappa shape index (κ2) is 8.51. The van der Waals surface area contributed by atoms with Gasteiger partial charge in [0.1, 0.15) is 5.69 Å². The van der Waals surface area contributed by atoms with Gasteiger partial charge in [-0.25, -0.2) is 8.78 Å². The van der Waals surface area contributed by atoms with Crippen molar-refractivity contribution in [1.82, 2.24) is 0 Å². The Morgan fingerprint density at radius 2 is 1.43 bits per heavy atom. The van der Waals surface area contributed by atoms with E-state index in [1.807, 2.05) is 0 Å². The number of rotatable bonds is 4. The fourth-order valence-electron chi connectivity index (χ4n) is 2.33. The molecule has 0 spiro atoms. The number of hydrogen-bond donors (Lipinski definition) is 1. The maximum atomic E-state index is 14.3. The summed E-state index contributed by atoms with van der Waals surface area (Å²) >= 11 is 2.60. The van der Waals surface area contributed by atoms with Gasteiger partial charge in [-0.15, -0.1) is 4.91 Å². The van der Waals surface area contributed by atoms with E-state index in [9.17, 15) is 44.8 Å². The highest BCUT2D eigenvalue weighted by Crippen LogP contribution is 2.54. The summed E-state index contributed by atoms with van der Waals surface area (Å²) in [6, 6.07) is 3.65. The van der Waals surface area contributed by atoms with Gasteiger partial charge in [0.05, 0.1) is 11.3 Å². The molecule has 0 saturated heterocycles. The first kappa shape index (κ1) is 24.7. The zero-order valence-corrected chi connectivity index (χ0v) is 18.2. The molecule has 0 aromatic heterocycles. The summed E-state index contributed by atoms with van der Waals surface area (Å²) in [7, 11) is 0. The van der Waals surface area contributed by atoms with E-state index >= 15 is 0 Å². The quantitative estimate of drug-likeness (QED) is 0.218. The first-order valence-corrected chi connectivity index (χ1v) is 9.56. The molecule has 2 aromatic rings. The Labute approximate surface area is 189 Å². The maximum absolute atomic E-state index is 14.3. The molecule has 0 aliphatic rings. The molecule has 0 atom stereocenters. The summed E-state index contributed by atoms with van der Waals surface area (Å²) in [6.07, 6.45) is -12.6. The van der Waals surface area contributed by atoms with Crippen molar-refractivity contribution in [1.29, 1.82) is 0 Å². The van der Waals surface area contributed by atoms with Crippen molar-refractivity contribution in [3.05, 3.63) is 59.3 Å². The molecular weight excluding hydrogens is 658 g/mol. The van der Waals surface area contributed by atoms with E-state index < -0.39 is 46.6 Å². The molecule has 1 amide bonds. The second-order valence-corrected chi connectivity index (χ2v) is 7.98. The lowest BCUT2D eigenvalue weighted by atomic mass is 9.94. The van der Waals surface area contributed by atoms with Gasteiger partial charge in [-0.1, -0.05) is 6.07 Å². The fourth-order valence-corrected chi connectivity index (χ4v) is 4.36.